The van der Waals surface area contributed by atoms with Crippen LogP contribution in [0.5, 0.6) is 0 Å². The van der Waals surface area contributed by atoms with E-state index in [1.807, 2.05) is 30.3 Å². The maximum absolute atomic E-state index is 13.0. The number of hydrogen-bond donors (Lipinski definition) is 2. The Hall–Kier alpha value is -3.81. The van der Waals surface area contributed by atoms with Gasteiger partial charge < -0.3 is 10.6 Å². The van der Waals surface area contributed by atoms with Crippen LogP contribution in [-0.4, -0.2) is 44.2 Å². The first kappa shape index (κ1) is 19.5. The van der Waals surface area contributed by atoms with E-state index in [1.54, 1.807) is 24.4 Å². The molecule has 1 atom stereocenters. The summed E-state index contributed by atoms with van der Waals surface area (Å²) in [5.41, 5.74) is 1.07. The Balaban J connectivity index is 1.55. The number of benzene rings is 1. The summed E-state index contributed by atoms with van der Waals surface area (Å²) in [6.07, 6.45) is 6.45. The van der Waals surface area contributed by atoms with Crippen LogP contribution in [0.1, 0.15) is 28.9 Å². The van der Waals surface area contributed by atoms with E-state index in [2.05, 4.69) is 20.6 Å². The van der Waals surface area contributed by atoms with Crippen molar-refractivity contribution in [3.8, 4) is 5.82 Å². The van der Waals surface area contributed by atoms with Gasteiger partial charge in [-0.15, -0.1) is 0 Å². The summed E-state index contributed by atoms with van der Waals surface area (Å²) in [5.74, 6) is -1.32. The summed E-state index contributed by atoms with van der Waals surface area (Å²) in [4.78, 5) is 46.4. The third kappa shape index (κ3) is 4.60. The van der Waals surface area contributed by atoms with E-state index in [9.17, 15) is 14.4 Å². The summed E-state index contributed by atoms with van der Waals surface area (Å²) in [6.45, 7) is 0. The summed E-state index contributed by atoms with van der Waals surface area (Å²) < 4.78 is 1.53. The molecule has 152 valence electrons. The van der Waals surface area contributed by atoms with Gasteiger partial charge in [-0.2, -0.15) is 0 Å². The van der Waals surface area contributed by atoms with E-state index in [0.717, 1.165) is 18.4 Å². The van der Waals surface area contributed by atoms with Crippen molar-refractivity contribution in [1.82, 2.24) is 25.2 Å². The third-order valence-corrected chi connectivity index (χ3v) is 4.81. The number of carbonyl (C=O) groups excluding carboxylic acids is 3. The average Bonchev–Trinajstić information content (AvgIpc) is 3.45. The Bertz CT molecular complexity index is 1040. The van der Waals surface area contributed by atoms with Crippen LogP contribution in [0.15, 0.2) is 67.3 Å². The molecule has 0 aliphatic heterocycles. The van der Waals surface area contributed by atoms with Gasteiger partial charge in [0.25, 0.3) is 11.8 Å². The normalized spacial score (nSPS) is 14.0. The topological polar surface area (TPSA) is 106 Å². The van der Waals surface area contributed by atoms with Gasteiger partial charge in [-0.05, 0) is 30.5 Å². The zero-order valence-electron chi connectivity index (χ0n) is 16.2. The molecule has 8 nitrogen and oxygen atoms in total. The lowest BCUT2D eigenvalue weighted by Gasteiger charge is -2.18. The predicted octanol–water partition coefficient (Wildman–Crippen LogP) is 1.46. The highest BCUT2D eigenvalue weighted by molar-refractivity contribution is 6.38. The lowest BCUT2D eigenvalue weighted by molar-refractivity contribution is -0.139. The zero-order valence-corrected chi connectivity index (χ0v) is 16.2. The Labute approximate surface area is 173 Å². The number of ketones is 1. The molecule has 1 aromatic carbocycles. The van der Waals surface area contributed by atoms with E-state index in [0.29, 0.717) is 5.82 Å². The fraction of sp³-hybridized carbons (Fsp3) is 0.227. The Morgan fingerprint density at radius 2 is 1.83 bits per heavy atom. The molecule has 1 aliphatic rings. The largest absolute Gasteiger partial charge is 0.347 e. The number of nitrogens with zero attached hydrogens (tertiary/aromatic N) is 3. The quantitative estimate of drug-likeness (QED) is 0.554. The van der Waals surface area contributed by atoms with Crippen LogP contribution in [0.3, 0.4) is 0 Å². The van der Waals surface area contributed by atoms with E-state index in [1.165, 1.54) is 17.1 Å². The Kier molecular flexibility index (Phi) is 5.65. The van der Waals surface area contributed by atoms with Crippen LogP contribution in [0.4, 0.5) is 0 Å². The summed E-state index contributed by atoms with van der Waals surface area (Å²) in [6, 6.07) is 13.6. The van der Waals surface area contributed by atoms with Crippen LogP contribution >= 0.6 is 0 Å². The first-order chi connectivity index (χ1) is 14.6. The van der Waals surface area contributed by atoms with Gasteiger partial charge in [0.15, 0.2) is 0 Å². The minimum absolute atomic E-state index is 0.0557. The SMILES string of the molecule is O=C(NC1CC1)C(=O)C(Cc1ccccc1)NC(=O)c1cncn1-c1ccccn1. The second kappa shape index (κ2) is 8.69. The Morgan fingerprint density at radius 1 is 1.07 bits per heavy atom. The number of aromatic nitrogens is 3. The number of nitrogens with one attached hydrogen (secondary N) is 2. The molecule has 0 saturated heterocycles. The molecule has 1 unspecified atom stereocenters. The molecule has 2 aromatic heterocycles. The summed E-state index contributed by atoms with van der Waals surface area (Å²) in [5, 5.41) is 5.41. The molecule has 4 rings (SSSR count). The van der Waals surface area contributed by atoms with Gasteiger partial charge in [-0.3, -0.25) is 19.0 Å². The van der Waals surface area contributed by atoms with Crippen LogP contribution in [0, 0.1) is 0 Å². The fourth-order valence-electron chi connectivity index (χ4n) is 3.08. The standard InChI is InChI=1S/C22H21N5O3/c28-20(22(30)25-16-9-10-16)17(12-15-6-2-1-3-7-15)26-21(29)18-13-23-14-27(18)19-8-4-5-11-24-19/h1-8,11,13-14,16-17H,9-10,12H2,(H,25,30)(H,26,29). The maximum Gasteiger partial charge on any atom is 0.289 e. The van der Waals surface area contributed by atoms with Crippen molar-refractivity contribution >= 4 is 17.6 Å². The maximum atomic E-state index is 13.0. The lowest BCUT2D eigenvalue weighted by atomic mass is 10.0. The number of pyridine rings is 1. The molecule has 2 heterocycles. The van der Waals surface area contributed by atoms with Gasteiger partial charge in [-0.25, -0.2) is 9.97 Å². The summed E-state index contributed by atoms with van der Waals surface area (Å²) in [7, 11) is 0. The average molecular weight is 403 g/mol. The monoisotopic (exact) mass is 403 g/mol. The molecule has 0 spiro atoms. The van der Waals surface area contributed by atoms with Crippen molar-refractivity contribution in [3.05, 3.63) is 78.5 Å². The molecule has 1 fully saturated rings. The second-order valence-corrected chi connectivity index (χ2v) is 7.16. The fourth-order valence-corrected chi connectivity index (χ4v) is 3.08. The highest BCUT2D eigenvalue weighted by Gasteiger charge is 2.32. The van der Waals surface area contributed by atoms with Gasteiger partial charge in [0, 0.05) is 18.7 Å². The van der Waals surface area contributed by atoms with Crippen LogP contribution in [0.2, 0.25) is 0 Å². The van der Waals surface area contributed by atoms with Gasteiger partial charge in [0.05, 0.1) is 6.20 Å². The highest BCUT2D eigenvalue weighted by atomic mass is 16.2. The molecule has 1 aliphatic carbocycles. The first-order valence-electron chi connectivity index (χ1n) is 9.75. The molecular formula is C22H21N5O3. The number of amides is 2. The van der Waals surface area contributed by atoms with Gasteiger partial charge in [-0.1, -0.05) is 36.4 Å². The molecule has 2 N–H and O–H groups in total. The van der Waals surface area contributed by atoms with E-state index >= 15 is 0 Å². The van der Waals surface area contributed by atoms with E-state index in [-0.39, 0.29) is 18.2 Å². The first-order valence-corrected chi connectivity index (χ1v) is 9.75. The minimum Gasteiger partial charge on any atom is -0.347 e. The van der Waals surface area contributed by atoms with Crippen LogP contribution in [0.25, 0.3) is 5.82 Å². The number of hydrogen-bond acceptors (Lipinski definition) is 5. The smallest absolute Gasteiger partial charge is 0.289 e. The van der Waals surface area contributed by atoms with E-state index in [4.69, 9.17) is 0 Å². The number of rotatable bonds is 8. The van der Waals surface area contributed by atoms with Gasteiger partial charge in [0.1, 0.15) is 23.9 Å². The second-order valence-electron chi connectivity index (χ2n) is 7.16. The van der Waals surface area contributed by atoms with Crippen molar-refractivity contribution in [2.24, 2.45) is 0 Å². The van der Waals surface area contributed by atoms with Crippen molar-refractivity contribution in [1.29, 1.82) is 0 Å². The van der Waals surface area contributed by atoms with Gasteiger partial charge in [0.2, 0.25) is 5.78 Å². The third-order valence-electron chi connectivity index (χ3n) is 4.81. The van der Waals surface area contributed by atoms with Crippen molar-refractivity contribution in [2.75, 3.05) is 0 Å². The molecule has 3 aromatic rings. The zero-order chi connectivity index (χ0) is 20.9. The molecule has 8 heteroatoms. The molecule has 2 amide bonds. The lowest BCUT2D eigenvalue weighted by Crippen LogP contribution is -2.49. The van der Waals surface area contributed by atoms with Crippen molar-refractivity contribution < 1.29 is 14.4 Å². The molecule has 1 saturated carbocycles. The predicted molar refractivity (Wildman–Crippen MR) is 109 cm³/mol. The minimum atomic E-state index is -0.995. The molecule has 30 heavy (non-hydrogen) atoms. The number of Topliss-reactive ketones (excluding diaryl/α,β-unsaturated/α-hetero) is 1. The Morgan fingerprint density at radius 3 is 2.53 bits per heavy atom. The highest BCUT2D eigenvalue weighted by Crippen LogP contribution is 2.18. The van der Waals surface area contributed by atoms with Crippen LogP contribution in [-0.2, 0) is 16.0 Å². The van der Waals surface area contributed by atoms with Crippen LogP contribution < -0.4 is 10.6 Å². The van der Waals surface area contributed by atoms with Crippen molar-refractivity contribution in [3.63, 3.8) is 0 Å². The summed E-state index contributed by atoms with van der Waals surface area (Å²) >= 11 is 0. The van der Waals surface area contributed by atoms with Crippen molar-refractivity contribution in [2.45, 2.75) is 31.3 Å². The van der Waals surface area contributed by atoms with Gasteiger partial charge >= 0.3 is 0 Å². The number of carbonyl (C=O) groups is 3. The molecule has 0 bridgehead atoms. The number of imidazole rings is 1. The molecular weight excluding hydrogens is 382 g/mol. The molecule has 0 radical (unpaired) electrons. The van der Waals surface area contributed by atoms with E-state index < -0.39 is 23.6 Å².